The molecule has 5 rings (SSSR count). The van der Waals surface area contributed by atoms with Crippen molar-refractivity contribution in [3.05, 3.63) is 65.2 Å². The molecule has 1 aliphatic carbocycles. The van der Waals surface area contributed by atoms with E-state index in [1.54, 1.807) is 11.9 Å². The van der Waals surface area contributed by atoms with E-state index in [9.17, 15) is 9.59 Å². The monoisotopic (exact) mass is 405 g/mol. The van der Waals surface area contributed by atoms with Crippen LogP contribution in [0, 0.1) is 0 Å². The van der Waals surface area contributed by atoms with Gasteiger partial charge in [0.1, 0.15) is 0 Å². The van der Waals surface area contributed by atoms with Gasteiger partial charge in [0, 0.05) is 32.2 Å². The predicted molar refractivity (Wildman–Crippen MR) is 114 cm³/mol. The molecular weight excluding hydrogens is 378 g/mol. The molecule has 6 nitrogen and oxygen atoms in total. The minimum Gasteiger partial charge on any atom is -0.379 e. The third-order valence-corrected chi connectivity index (χ3v) is 6.70. The van der Waals surface area contributed by atoms with Crippen LogP contribution in [0.15, 0.2) is 48.5 Å². The summed E-state index contributed by atoms with van der Waals surface area (Å²) < 4.78 is 5.55. The quantitative estimate of drug-likeness (QED) is 0.851. The number of benzene rings is 2. The average molecular weight is 405 g/mol. The van der Waals surface area contributed by atoms with Crippen LogP contribution < -0.4 is 10.2 Å². The highest BCUT2D eigenvalue weighted by atomic mass is 16.5. The van der Waals surface area contributed by atoms with Gasteiger partial charge in [-0.15, -0.1) is 0 Å². The Hall–Kier alpha value is -2.70. The molecule has 0 unspecified atom stereocenters. The molecule has 156 valence electrons. The molecule has 0 saturated carbocycles. The van der Waals surface area contributed by atoms with Crippen molar-refractivity contribution in [1.29, 1.82) is 0 Å². The summed E-state index contributed by atoms with van der Waals surface area (Å²) in [6.45, 7) is 3.16. The van der Waals surface area contributed by atoms with Crippen molar-refractivity contribution in [2.45, 2.75) is 30.8 Å². The third-order valence-electron chi connectivity index (χ3n) is 6.70. The lowest BCUT2D eigenvalue weighted by molar-refractivity contribution is -0.128. The second-order valence-corrected chi connectivity index (χ2v) is 8.38. The predicted octanol–water partition coefficient (Wildman–Crippen LogP) is 2.25. The van der Waals surface area contributed by atoms with Crippen LogP contribution in [0.5, 0.6) is 0 Å². The SMILES string of the molecule is CN1C(=O)C[C@H](C(=O)N[C@H]2Cc3ccccc3[C@@H]2N2CCOCC2)c2ccccc21. The van der Waals surface area contributed by atoms with Crippen LogP contribution in [0.3, 0.4) is 0 Å². The Kier molecular flexibility index (Phi) is 5.05. The highest BCUT2D eigenvalue weighted by Crippen LogP contribution is 2.39. The molecule has 6 heteroatoms. The van der Waals surface area contributed by atoms with E-state index in [0.29, 0.717) is 0 Å². The Morgan fingerprint density at radius 3 is 2.50 bits per heavy atom. The number of hydrogen-bond donors (Lipinski definition) is 1. The van der Waals surface area contributed by atoms with Gasteiger partial charge in [-0.05, 0) is 29.2 Å². The fourth-order valence-electron chi connectivity index (χ4n) is 5.17. The summed E-state index contributed by atoms with van der Waals surface area (Å²) in [5.41, 5.74) is 4.34. The van der Waals surface area contributed by atoms with Gasteiger partial charge >= 0.3 is 0 Å². The molecule has 1 N–H and O–H groups in total. The minimum atomic E-state index is -0.445. The van der Waals surface area contributed by atoms with Gasteiger partial charge in [-0.25, -0.2) is 0 Å². The Balaban J connectivity index is 1.41. The summed E-state index contributed by atoms with van der Waals surface area (Å²) in [6, 6.07) is 16.3. The Bertz CT molecular complexity index is 970. The van der Waals surface area contributed by atoms with Gasteiger partial charge in [0.25, 0.3) is 0 Å². The van der Waals surface area contributed by atoms with Crippen molar-refractivity contribution in [2.75, 3.05) is 38.3 Å². The molecule has 2 aromatic rings. The maximum atomic E-state index is 13.4. The molecule has 1 fully saturated rings. The van der Waals surface area contributed by atoms with E-state index in [1.165, 1.54) is 11.1 Å². The van der Waals surface area contributed by atoms with Gasteiger partial charge in [-0.1, -0.05) is 42.5 Å². The topological polar surface area (TPSA) is 61.9 Å². The molecule has 3 aliphatic rings. The van der Waals surface area contributed by atoms with Crippen molar-refractivity contribution in [1.82, 2.24) is 10.2 Å². The van der Waals surface area contributed by atoms with Crippen LogP contribution in [0.4, 0.5) is 5.69 Å². The van der Waals surface area contributed by atoms with Crippen LogP contribution >= 0.6 is 0 Å². The lowest BCUT2D eigenvalue weighted by Gasteiger charge is -2.37. The average Bonchev–Trinajstić information content (AvgIpc) is 3.14. The zero-order chi connectivity index (χ0) is 20.7. The number of anilines is 1. The van der Waals surface area contributed by atoms with E-state index in [0.717, 1.165) is 44.0 Å². The molecule has 0 spiro atoms. The number of para-hydroxylation sites is 1. The molecular formula is C24H27N3O3. The van der Waals surface area contributed by atoms with Gasteiger partial charge in [0.05, 0.1) is 31.2 Å². The van der Waals surface area contributed by atoms with Gasteiger partial charge in [-0.3, -0.25) is 14.5 Å². The summed E-state index contributed by atoms with van der Waals surface area (Å²) in [7, 11) is 1.78. The molecule has 0 radical (unpaired) electrons. The summed E-state index contributed by atoms with van der Waals surface area (Å²) in [4.78, 5) is 30.0. The molecule has 1 saturated heterocycles. The summed E-state index contributed by atoms with van der Waals surface area (Å²) in [5, 5.41) is 3.33. The first kappa shape index (κ1) is 19.3. The summed E-state index contributed by atoms with van der Waals surface area (Å²) in [6.07, 6.45) is 1.02. The van der Waals surface area contributed by atoms with Crippen LogP contribution in [-0.2, 0) is 20.7 Å². The number of morpholine rings is 1. The van der Waals surface area contributed by atoms with Gasteiger partial charge in [-0.2, -0.15) is 0 Å². The van der Waals surface area contributed by atoms with E-state index in [1.807, 2.05) is 24.3 Å². The van der Waals surface area contributed by atoms with Gasteiger partial charge in [0.15, 0.2) is 0 Å². The molecule has 2 aliphatic heterocycles. The number of hydrogen-bond acceptors (Lipinski definition) is 4. The number of amides is 2. The number of carbonyl (C=O) groups is 2. The molecule has 2 heterocycles. The molecule has 0 bridgehead atoms. The third kappa shape index (κ3) is 3.30. The molecule has 2 amide bonds. The largest absolute Gasteiger partial charge is 0.379 e. The first-order valence-corrected chi connectivity index (χ1v) is 10.7. The van der Waals surface area contributed by atoms with E-state index >= 15 is 0 Å². The second-order valence-electron chi connectivity index (χ2n) is 8.38. The van der Waals surface area contributed by atoms with Crippen LogP contribution in [0.2, 0.25) is 0 Å². The molecule has 0 aromatic heterocycles. The Labute approximate surface area is 176 Å². The highest BCUT2D eigenvalue weighted by Gasteiger charge is 2.40. The summed E-state index contributed by atoms with van der Waals surface area (Å²) >= 11 is 0. The van der Waals surface area contributed by atoms with Gasteiger partial charge in [0.2, 0.25) is 11.8 Å². The van der Waals surface area contributed by atoms with Crippen LogP contribution in [0.1, 0.15) is 35.1 Å². The van der Waals surface area contributed by atoms with Crippen molar-refractivity contribution in [2.24, 2.45) is 0 Å². The number of ether oxygens (including phenoxy) is 1. The lowest BCUT2D eigenvalue weighted by Crippen LogP contribution is -2.49. The Morgan fingerprint density at radius 2 is 1.70 bits per heavy atom. The van der Waals surface area contributed by atoms with Crippen molar-refractivity contribution < 1.29 is 14.3 Å². The smallest absolute Gasteiger partial charge is 0.228 e. The zero-order valence-corrected chi connectivity index (χ0v) is 17.2. The zero-order valence-electron chi connectivity index (χ0n) is 17.2. The van der Waals surface area contributed by atoms with Gasteiger partial charge < -0.3 is 15.0 Å². The maximum Gasteiger partial charge on any atom is 0.228 e. The molecule has 3 atom stereocenters. The first-order chi connectivity index (χ1) is 14.6. The summed E-state index contributed by atoms with van der Waals surface area (Å²) in [5.74, 6) is -0.521. The van der Waals surface area contributed by atoms with Crippen LogP contribution in [0.25, 0.3) is 0 Å². The fourth-order valence-corrected chi connectivity index (χ4v) is 5.17. The van der Waals surface area contributed by atoms with Crippen LogP contribution in [-0.4, -0.2) is 56.1 Å². The number of nitrogens with zero attached hydrogens (tertiary/aromatic N) is 2. The van der Waals surface area contributed by atoms with E-state index in [-0.39, 0.29) is 30.3 Å². The minimum absolute atomic E-state index is 0.00470. The van der Waals surface area contributed by atoms with Crippen molar-refractivity contribution in [3.63, 3.8) is 0 Å². The first-order valence-electron chi connectivity index (χ1n) is 10.7. The number of nitrogens with one attached hydrogen (secondary N) is 1. The van der Waals surface area contributed by atoms with E-state index in [4.69, 9.17) is 4.74 Å². The number of carbonyl (C=O) groups excluding carboxylic acids is 2. The lowest BCUT2D eigenvalue weighted by atomic mass is 9.88. The standard InChI is InChI=1S/C24H27N3O3/c1-26-21-9-5-4-8-18(21)19(15-22(26)28)24(29)25-20-14-16-6-2-3-7-17(16)23(20)27-10-12-30-13-11-27/h2-9,19-20,23H,10-15H2,1H3,(H,25,29)/t19-,20-,23-/m0/s1. The molecule has 2 aromatic carbocycles. The van der Waals surface area contributed by atoms with Crippen molar-refractivity contribution >= 4 is 17.5 Å². The fraction of sp³-hybridized carbons (Fsp3) is 0.417. The number of fused-ring (bicyclic) bond motifs is 2. The Morgan fingerprint density at radius 1 is 1.00 bits per heavy atom. The van der Waals surface area contributed by atoms with Crippen molar-refractivity contribution in [3.8, 4) is 0 Å². The highest BCUT2D eigenvalue weighted by molar-refractivity contribution is 6.02. The normalized spacial score (nSPS) is 26.2. The van der Waals surface area contributed by atoms with E-state index < -0.39 is 5.92 Å². The molecule has 30 heavy (non-hydrogen) atoms. The maximum absolute atomic E-state index is 13.4. The van der Waals surface area contributed by atoms with E-state index in [2.05, 4.69) is 34.5 Å². The second kappa shape index (κ2) is 7.85. The number of rotatable bonds is 3.